The minimum atomic E-state index is 1.14. The van der Waals surface area contributed by atoms with E-state index in [1.165, 1.54) is 21.8 Å². The summed E-state index contributed by atoms with van der Waals surface area (Å²) in [5.41, 5.74) is 4.76. The van der Waals surface area contributed by atoms with Gasteiger partial charge in [-0.2, -0.15) is 0 Å². The van der Waals surface area contributed by atoms with Crippen molar-refractivity contribution in [2.24, 2.45) is 0 Å². The minimum Gasteiger partial charge on any atom is -0.339 e. The topological polar surface area (TPSA) is 30.5 Å². The summed E-state index contributed by atoms with van der Waals surface area (Å²) in [6.07, 6.45) is 0. The molecule has 0 fully saturated rings. The molecule has 2 aromatic rings. The Labute approximate surface area is 116 Å². The maximum Gasteiger partial charge on any atom is 0.118 e. The van der Waals surface area contributed by atoms with Crippen molar-refractivity contribution in [3.8, 4) is 0 Å². The fraction of sp³-hybridized carbons (Fsp3) is 0.125. The molecule has 0 aromatic heterocycles. The molecule has 0 aliphatic carbocycles. The van der Waals surface area contributed by atoms with Crippen LogP contribution in [0.5, 0.6) is 0 Å². The molecule has 6 aliphatic rings. The first-order valence-corrected chi connectivity index (χ1v) is 6.76. The average Bonchev–Trinajstić information content (AvgIpc) is 2.93. The van der Waals surface area contributed by atoms with Crippen LogP contribution in [0.15, 0.2) is 36.4 Å². The Bertz CT molecular complexity index is 804. The Morgan fingerprint density at radius 1 is 0.700 bits per heavy atom. The fourth-order valence-electron chi connectivity index (χ4n) is 3.31. The van der Waals surface area contributed by atoms with E-state index in [0.29, 0.717) is 0 Å². The summed E-state index contributed by atoms with van der Waals surface area (Å²) in [5, 5.41) is 9.49. The van der Waals surface area contributed by atoms with Crippen LogP contribution in [-0.2, 0) is 0 Å². The molecular formula is C16H14N4. The summed E-state index contributed by atoms with van der Waals surface area (Å²) in [4.78, 5) is 4.45. The fourth-order valence-corrected chi connectivity index (χ4v) is 3.31. The Morgan fingerprint density at radius 2 is 1.15 bits per heavy atom. The first-order chi connectivity index (χ1) is 9.72. The van der Waals surface area contributed by atoms with E-state index in [-0.39, 0.29) is 0 Å². The van der Waals surface area contributed by atoms with Crippen molar-refractivity contribution in [3.63, 3.8) is 0 Å². The van der Waals surface area contributed by atoms with Gasteiger partial charge in [0.1, 0.15) is 11.6 Å². The van der Waals surface area contributed by atoms with Crippen LogP contribution in [0.2, 0.25) is 0 Å². The molecule has 98 valence electrons. The second-order valence-corrected chi connectivity index (χ2v) is 5.53. The van der Waals surface area contributed by atoms with Crippen LogP contribution in [0.1, 0.15) is 0 Å². The van der Waals surface area contributed by atoms with Gasteiger partial charge < -0.3 is 20.4 Å². The van der Waals surface area contributed by atoms with E-state index in [1.807, 2.05) is 0 Å². The van der Waals surface area contributed by atoms with Gasteiger partial charge in [-0.15, -0.1) is 0 Å². The van der Waals surface area contributed by atoms with Crippen LogP contribution in [0.4, 0.5) is 22.7 Å². The van der Waals surface area contributed by atoms with E-state index in [2.05, 4.69) is 70.9 Å². The van der Waals surface area contributed by atoms with Gasteiger partial charge in [0.05, 0.1) is 22.7 Å². The van der Waals surface area contributed by atoms with E-state index in [0.717, 1.165) is 23.0 Å². The van der Waals surface area contributed by atoms with E-state index < -0.39 is 0 Å². The number of benzene rings is 2. The Kier molecular flexibility index (Phi) is 1.58. The van der Waals surface area contributed by atoms with Crippen molar-refractivity contribution in [2.75, 3.05) is 34.5 Å². The van der Waals surface area contributed by atoms with E-state index in [1.54, 1.807) is 0 Å². The zero-order valence-corrected chi connectivity index (χ0v) is 11.4. The number of hydrogen-bond donors (Lipinski definition) is 2. The third-order valence-electron chi connectivity index (χ3n) is 4.45. The highest BCUT2D eigenvalue weighted by atomic mass is 15.3. The van der Waals surface area contributed by atoms with Gasteiger partial charge in [-0.25, -0.2) is 0 Å². The summed E-state index contributed by atoms with van der Waals surface area (Å²) < 4.78 is 0. The van der Waals surface area contributed by atoms with Gasteiger partial charge in [0.15, 0.2) is 0 Å². The van der Waals surface area contributed by atoms with Crippen molar-refractivity contribution in [1.82, 2.24) is 0 Å². The van der Waals surface area contributed by atoms with Crippen LogP contribution in [-0.4, -0.2) is 14.1 Å². The maximum atomic E-state index is 3.53. The Hall–Kier alpha value is -2.62. The van der Waals surface area contributed by atoms with Gasteiger partial charge in [0, 0.05) is 24.5 Å². The second kappa shape index (κ2) is 3.10. The number of hydrogen-bond acceptors (Lipinski definition) is 4. The molecule has 8 rings (SSSR count). The Morgan fingerprint density at radius 3 is 1.60 bits per heavy atom. The molecule has 2 aromatic carbocycles. The first kappa shape index (κ1) is 10.2. The number of anilines is 4. The third kappa shape index (κ3) is 1.04. The smallest absolute Gasteiger partial charge is 0.118 e. The van der Waals surface area contributed by atoms with Crippen LogP contribution in [0, 0.1) is 0 Å². The molecule has 0 amide bonds. The van der Waals surface area contributed by atoms with Crippen molar-refractivity contribution in [1.29, 1.82) is 0 Å². The minimum absolute atomic E-state index is 1.14. The van der Waals surface area contributed by atoms with Gasteiger partial charge in [-0.3, -0.25) is 0 Å². The van der Waals surface area contributed by atoms with Crippen molar-refractivity contribution < 1.29 is 0 Å². The van der Waals surface area contributed by atoms with Crippen LogP contribution in [0.3, 0.4) is 0 Å². The highest BCUT2D eigenvalue weighted by Crippen LogP contribution is 2.46. The second-order valence-electron chi connectivity index (χ2n) is 5.53. The zero-order chi connectivity index (χ0) is 13.4. The maximum absolute atomic E-state index is 3.53. The molecule has 0 atom stereocenters. The summed E-state index contributed by atoms with van der Waals surface area (Å²) in [7, 11) is 4.22. The highest BCUT2D eigenvalue weighted by Gasteiger charge is 2.29. The number of nitrogens with zero attached hydrogens (tertiary/aromatic N) is 2. The third-order valence-corrected chi connectivity index (χ3v) is 4.45. The molecule has 0 spiro atoms. The average molecular weight is 262 g/mol. The molecular weight excluding hydrogens is 248 g/mol. The molecule has 0 radical (unpaired) electrons. The van der Waals surface area contributed by atoms with Crippen LogP contribution < -0.4 is 30.9 Å². The monoisotopic (exact) mass is 262 g/mol. The molecule has 4 heteroatoms. The first-order valence-electron chi connectivity index (χ1n) is 6.76. The lowest BCUT2D eigenvalue weighted by atomic mass is 10.2. The SMILES string of the molecule is CN1C2=c3ccc(cc3)=C3Nc4cc(c1cc4N3C)N2. The molecule has 20 heavy (non-hydrogen) atoms. The predicted molar refractivity (Wildman–Crippen MR) is 83.0 cm³/mol. The largest absolute Gasteiger partial charge is 0.339 e. The summed E-state index contributed by atoms with van der Waals surface area (Å²) in [6.45, 7) is 0. The standard InChI is InChI=1S/C16H14N4/c1-19-13-8-14-12-7-11(13)17-15(19)9-3-5-10(6-4-9)16(18-12)20(14)2/h3-8,17-18H,1-2H3. The lowest BCUT2D eigenvalue weighted by Crippen LogP contribution is -2.25. The van der Waals surface area contributed by atoms with Gasteiger partial charge in [-0.1, -0.05) is 24.3 Å². The predicted octanol–water partition coefficient (Wildman–Crippen LogP) is 1.26. The van der Waals surface area contributed by atoms with E-state index >= 15 is 0 Å². The van der Waals surface area contributed by atoms with Gasteiger partial charge in [0.25, 0.3) is 0 Å². The highest BCUT2D eigenvalue weighted by molar-refractivity contribution is 6.02. The van der Waals surface area contributed by atoms with Gasteiger partial charge in [-0.05, 0) is 12.1 Å². The summed E-state index contributed by atoms with van der Waals surface area (Å²) in [5.74, 6) is 2.28. The molecule has 8 bridgehead atoms. The summed E-state index contributed by atoms with van der Waals surface area (Å²) in [6, 6.07) is 13.1. The number of rotatable bonds is 0. The molecule has 6 heterocycles. The van der Waals surface area contributed by atoms with Crippen molar-refractivity contribution in [2.45, 2.75) is 0 Å². The van der Waals surface area contributed by atoms with Crippen molar-refractivity contribution in [3.05, 3.63) is 46.8 Å². The lowest BCUT2D eigenvalue weighted by Gasteiger charge is -2.15. The quantitative estimate of drug-likeness (QED) is 0.748. The molecule has 6 aliphatic heterocycles. The van der Waals surface area contributed by atoms with Crippen molar-refractivity contribution >= 4 is 34.4 Å². The van der Waals surface area contributed by atoms with Gasteiger partial charge >= 0.3 is 0 Å². The molecule has 4 nitrogen and oxygen atoms in total. The Balaban J connectivity index is 2.04. The molecule has 0 unspecified atom stereocenters. The van der Waals surface area contributed by atoms with Crippen LogP contribution in [0.25, 0.3) is 11.6 Å². The number of nitrogens with one attached hydrogen (secondary N) is 2. The van der Waals surface area contributed by atoms with E-state index in [4.69, 9.17) is 0 Å². The van der Waals surface area contributed by atoms with Gasteiger partial charge in [0.2, 0.25) is 0 Å². The summed E-state index contributed by atoms with van der Waals surface area (Å²) >= 11 is 0. The molecule has 0 saturated heterocycles. The van der Waals surface area contributed by atoms with E-state index in [9.17, 15) is 0 Å². The van der Waals surface area contributed by atoms with Crippen LogP contribution >= 0.6 is 0 Å². The normalized spacial score (nSPS) is 16.9. The lowest BCUT2D eigenvalue weighted by molar-refractivity contribution is 1.23. The molecule has 0 saturated carbocycles. The molecule has 2 N–H and O–H groups in total. The zero-order valence-electron chi connectivity index (χ0n) is 11.4.